The average Bonchev–Trinajstić information content (AvgIpc) is 3.11. The number of benzene rings is 2. The fraction of sp³-hybridized carbons (Fsp3) is 0.381. The standard InChI is InChI=1S/C21H24ClN3O/c1-16(21(26)25-11-10-17-6-2-4-8-19(17)25)23-12-14-24(15-13-23)20-9-5-3-7-18(20)22/h2-9,16H,10-15H2,1H3/t16-/m0/s1. The summed E-state index contributed by atoms with van der Waals surface area (Å²) >= 11 is 6.32. The summed E-state index contributed by atoms with van der Waals surface area (Å²) in [6.07, 6.45) is 0.953. The summed E-state index contributed by atoms with van der Waals surface area (Å²) in [6, 6.07) is 16.1. The maximum absolute atomic E-state index is 13.1. The Bertz CT molecular complexity index is 801. The molecule has 1 fully saturated rings. The van der Waals surface area contributed by atoms with Crippen LogP contribution >= 0.6 is 11.6 Å². The fourth-order valence-electron chi connectivity index (χ4n) is 4.01. The Morgan fingerprint density at radius 3 is 2.31 bits per heavy atom. The minimum absolute atomic E-state index is 0.102. The number of hydrogen-bond donors (Lipinski definition) is 0. The molecule has 2 aliphatic rings. The number of carbonyl (C=O) groups excluding carboxylic acids is 1. The molecule has 0 saturated carbocycles. The molecule has 0 bridgehead atoms. The van der Waals surface area contributed by atoms with Crippen LogP contribution in [0.25, 0.3) is 0 Å². The summed E-state index contributed by atoms with van der Waals surface area (Å²) < 4.78 is 0. The van der Waals surface area contributed by atoms with Gasteiger partial charge in [-0.05, 0) is 37.1 Å². The quantitative estimate of drug-likeness (QED) is 0.829. The smallest absolute Gasteiger partial charge is 0.244 e. The molecule has 26 heavy (non-hydrogen) atoms. The topological polar surface area (TPSA) is 26.8 Å². The van der Waals surface area contributed by atoms with E-state index in [2.05, 4.69) is 28.0 Å². The summed E-state index contributed by atoms with van der Waals surface area (Å²) in [5.41, 5.74) is 3.44. The largest absolute Gasteiger partial charge is 0.368 e. The zero-order valence-electron chi connectivity index (χ0n) is 15.1. The van der Waals surface area contributed by atoms with Crippen LogP contribution < -0.4 is 9.80 Å². The molecule has 0 N–H and O–H groups in total. The van der Waals surface area contributed by atoms with Crippen molar-refractivity contribution in [1.29, 1.82) is 0 Å². The number of para-hydroxylation sites is 2. The van der Waals surface area contributed by atoms with Gasteiger partial charge in [0.05, 0.1) is 16.8 Å². The molecule has 2 aromatic carbocycles. The van der Waals surface area contributed by atoms with Gasteiger partial charge in [0, 0.05) is 38.4 Å². The van der Waals surface area contributed by atoms with Gasteiger partial charge in [-0.3, -0.25) is 9.69 Å². The van der Waals surface area contributed by atoms with Crippen LogP contribution in [0.1, 0.15) is 12.5 Å². The first-order chi connectivity index (χ1) is 12.6. The van der Waals surface area contributed by atoms with Crippen molar-refractivity contribution in [1.82, 2.24) is 4.90 Å². The SMILES string of the molecule is C[C@@H](C(=O)N1CCc2ccccc21)N1CCN(c2ccccc2Cl)CC1. The van der Waals surface area contributed by atoms with E-state index in [9.17, 15) is 4.79 Å². The normalized spacial score (nSPS) is 18.7. The second-order valence-electron chi connectivity index (χ2n) is 7.02. The summed E-state index contributed by atoms with van der Waals surface area (Å²) in [6.45, 7) is 6.34. The van der Waals surface area contributed by atoms with Gasteiger partial charge in [0.1, 0.15) is 0 Å². The summed E-state index contributed by atoms with van der Waals surface area (Å²) in [5.74, 6) is 0.209. The van der Waals surface area contributed by atoms with Gasteiger partial charge in [-0.2, -0.15) is 0 Å². The molecule has 136 valence electrons. The predicted octanol–water partition coefficient (Wildman–Crippen LogP) is 3.44. The van der Waals surface area contributed by atoms with E-state index in [-0.39, 0.29) is 11.9 Å². The zero-order valence-corrected chi connectivity index (χ0v) is 15.8. The second-order valence-corrected chi connectivity index (χ2v) is 7.43. The van der Waals surface area contributed by atoms with Crippen molar-refractivity contribution in [3.63, 3.8) is 0 Å². The van der Waals surface area contributed by atoms with Crippen LogP contribution in [0.2, 0.25) is 5.02 Å². The summed E-state index contributed by atoms with van der Waals surface area (Å²) in [5, 5.41) is 0.791. The van der Waals surface area contributed by atoms with Crippen LogP contribution in [-0.2, 0) is 11.2 Å². The first-order valence-electron chi connectivity index (χ1n) is 9.28. The second kappa shape index (κ2) is 7.29. The van der Waals surface area contributed by atoms with Crippen molar-refractivity contribution in [2.75, 3.05) is 42.5 Å². The van der Waals surface area contributed by atoms with Crippen molar-refractivity contribution in [2.24, 2.45) is 0 Å². The average molecular weight is 370 g/mol. The highest BCUT2D eigenvalue weighted by atomic mass is 35.5. The van der Waals surface area contributed by atoms with E-state index in [1.54, 1.807) is 0 Å². The first-order valence-corrected chi connectivity index (χ1v) is 9.66. The number of anilines is 2. The number of hydrogen-bond acceptors (Lipinski definition) is 3. The minimum Gasteiger partial charge on any atom is -0.368 e. The highest BCUT2D eigenvalue weighted by Gasteiger charge is 2.32. The Hall–Kier alpha value is -2.04. The van der Waals surface area contributed by atoms with Gasteiger partial charge in [0.25, 0.3) is 0 Å². The highest BCUT2D eigenvalue weighted by Crippen LogP contribution is 2.29. The van der Waals surface area contributed by atoms with E-state index >= 15 is 0 Å². The fourth-order valence-corrected chi connectivity index (χ4v) is 4.26. The van der Waals surface area contributed by atoms with Crippen LogP contribution in [-0.4, -0.2) is 49.6 Å². The first kappa shape index (κ1) is 17.4. The van der Waals surface area contributed by atoms with Crippen LogP contribution in [0.3, 0.4) is 0 Å². The van der Waals surface area contributed by atoms with E-state index in [1.807, 2.05) is 42.2 Å². The Morgan fingerprint density at radius 1 is 0.923 bits per heavy atom. The molecule has 5 heteroatoms. The van der Waals surface area contributed by atoms with Crippen LogP contribution in [0, 0.1) is 0 Å². The number of amides is 1. The van der Waals surface area contributed by atoms with Gasteiger partial charge >= 0.3 is 0 Å². The lowest BCUT2D eigenvalue weighted by molar-refractivity contribution is -0.123. The van der Waals surface area contributed by atoms with Gasteiger partial charge in [-0.15, -0.1) is 0 Å². The number of piperazine rings is 1. The highest BCUT2D eigenvalue weighted by molar-refractivity contribution is 6.33. The summed E-state index contributed by atoms with van der Waals surface area (Å²) in [7, 11) is 0. The molecule has 0 unspecified atom stereocenters. The molecule has 1 amide bonds. The molecule has 0 spiro atoms. The van der Waals surface area contributed by atoms with Gasteiger partial charge in [0.15, 0.2) is 0 Å². The predicted molar refractivity (Wildman–Crippen MR) is 107 cm³/mol. The van der Waals surface area contributed by atoms with E-state index in [0.717, 1.165) is 55.5 Å². The van der Waals surface area contributed by atoms with E-state index < -0.39 is 0 Å². The van der Waals surface area contributed by atoms with E-state index in [0.29, 0.717) is 0 Å². The Morgan fingerprint density at radius 2 is 1.58 bits per heavy atom. The van der Waals surface area contributed by atoms with E-state index in [1.165, 1.54) is 5.56 Å². The molecule has 2 aliphatic heterocycles. The van der Waals surface area contributed by atoms with Crippen molar-refractivity contribution in [3.05, 3.63) is 59.1 Å². The molecule has 0 radical (unpaired) electrons. The Labute approximate surface area is 160 Å². The molecule has 2 aromatic rings. The molecule has 0 aliphatic carbocycles. The van der Waals surface area contributed by atoms with Crippen LogP contribution in [0.5, 0.6) is 0 Å². The minimum atomic E-state index is -0.102. The lowest BCUT2D eigenvalue weighted by atomic mass is 10.1. The van der Waals surface area contributed by atoms with Crippen LogP contribution in [0.4, 0.5) is 11.4 Å². The third-order valence-electron chi connectivity index (χ3n) is 5.57. The maximum Gasteiger partial charge on any atom is 0.244 e. The van der Waals surface area contributed by atoms with Gasteiger partial charge in [-0.25, -0.2) is 0 Å². The molecular formula is C21H24ClN3O. The lowest BCUT2D eigenvalue weighted by Crippen LogP contribution is -2.54. The Balaban J connectivity index is 1.40. The van der Waals surface area contributed by atoms with Gasteiger partial charge in [-0.1, -0.05) is 41.9 Å². The van der Waals surface area contributed by atoms with Gasteiger partial charge in [0.2, 0.25) is 5.91 Å². The van der Waals surface area contributed by atoms with E-state index in [4.69, 9.17) is 11.6 Å². The molecule has 1 atom stereocenters. The zero-order chi connectivity index (χ0) is 18.1. The molecule has 1 saturated heterocycles. The van der Waals surface area contributed by atoms with Crippen LogP contribution in [0.15, 0.2) is 48.5 Å². The number of carbonyl (C=O) groups is 1. The molecule has 4 nitrogen and oxygen atoms in total. The molecular weight excluding hydrogens is 346 g/mol. The number of fused-ring (bicyclic) bond motifs is 1. The number of nitrogens with zero attached hydrogens (tertiary/aromatic N) is 3. The molecule has 0 aromatic heterocycles. The molecule has 4 rings (SSSR count). The van der Waals surface area contributed by atoms with Crippen molar-refractivity contribution < 1.29 is 4.79 Å². The lowest BCUT2D eigenvalue weighted by Gasteiger charge is -2.39. The van der Waals surface area contributed by atoms with Crippen molar-refractivity contribution >= 4 is 28.9 Å². The van der Waals surface area contributed by atoms with Crippen molar-refractivity contribution in [3.8, 4) is 0 Å². The third-order valence-corrected chi connectivity index (χ3v) is 5.89. The number of rotatable bonds is 3. The monoisotopic (exact) mass is 369 g/mol. The van der Waals surface area contributed by atoms with Crippen molar-refractivity contribution in [2.45, 2.75) is 19.4 Å². The summed E-state index contributed by atoms with van der Waals surface area (Å²) in [4.78, 5) is 19.6. The number of halogens is 1. The third kappa shape index (κ3) is 3.19. The molecule has 2 heterocycles. The maximum atomic E-state index is 13.1. The van der Waals surface area contributed by atoms with Gasteiger partial charge < -0.3 is 9.80 Å². The Kier molecular flexibility index (Phi) is 4.88.